The number of rotatable bonds is 4. The molecule has 0 spiro atoms. The van der Waals surface area contributed by atoms with Crippen molar-refractivity contribution in [2.24, 2.45) is 28.4 Å². The van der Waals surface area contributed by atoms with Crippen molar-refractivity contribution < 1.29 is 9.92 Å². The van der Waals surface area contributed by atoms with Gasteiger partial charge in [-0.2, -0.15) is 0 Å². The third-order valence-electron chi connectivity index (χ3n) is 4.79. The van der Waals surface area contributed by atoms with Crippen molar-refractivity contribution in [1.82, 2.24) is 0 Å². The Bertz CT molecular complexity index is 332. The van der Waals surface area contributed by atoms with E-state index >= 15 is 0 Å². The second-order valence-electron chi connectivity index (χ2n) is 7.01. The van der Waals surface area contributed by atoms with Gasteiger partial charge in [-0.25, -0.2) is 0 Å². The van der Waals surface area contributed by atoms with Crippen molar-refractivity contribution >= 4 is 0 Å². The average molecular weight is 256 g/mol. The first-order valence-corrected chi connectivity index (χ1v) is 6.84. The molecular weight excluding hydrogens is 232 g/mol. The molecule has 5 heteroatoms. The molecule has 0 aromatic carbocycles. The Labute approximate surface area is 108 Å². The number of hydrogen-bond acceptors (Lipinski definition) is 4. The molecular formula is C13H24N2O3. The number of hydrogen-bond donors (Lipinski definition) is 1. The van der Waals surface area contributed by atoms with Gasteiger partial charge in [-0.3, -0.25) is 0 Å². The Morgan fingerprint density at radius 1 is 1.44 bits per heavy atom. The van der Waals surface area contributed by atoms with E-state index in [4.69, 9.17) is 10.6 Å². The lowest BCUT2D eigenvalue weighted by Crippen LogP contribution is -2.48. The second kappa shape index (κ2) is 4.68. The Balaban J connectivity index is 2.15. The molecule has 0 heterocycles. The van der Waals surface area contributed by atoms with E-state index in [2.05, 4.69) is 13.8 Å². The molecule has 104 valence electrons. The number of nitrogens with two attached hydrogens (primary N) is 1. The van der Waals surface area contributed by atoms with Crippen LogP contribution in [0.2, 0.25) is 0 Å². The first-order valence-electron chi connectivity index (χ1n) is 6.84. The summed E-state index contributed by atoms with van der Waals surface area (Å²) in [4.78, 5) is 15.2. The monoisotopic (exact) mass is 256 g/mol. The van der Waals surface area contributed by atoms with E-state index in [1.54, 1.807) is 0 Å². The highest BCUT2D eigenvalue weighted by atomic mass is 16.9. The summed E-state index contributed by atoms with van der Waals surface area (Å²) in [5, 5.41) is 9.82. The Hall–Kier alpha value is -0.840. The van der Waals surface area contributed by atoms with Crippen LogP contribution in [0.5, 0.6) is 0 Å². The lowest BCUT2D eigenvalue weighted by Gasteiger charge is -2.54. The highest BCUT2D eigenvalue weighted by Crippen LogP contribution is 2.56. The van der Waals surface area contributed by atoms with E-state index in [1.807, 2.05) is 0 Å². The first-order chi connectivity index (χ1) is 8.36. The zero-order chi connectivity index (χ0) is 13.4. The van der Waals surface area contributed by atoms with Gasteiger partial charge in [0.05, 0.1) is 0 Å². The van der Waals surface area contributed by atoms with Crippen LogP contribution in [0.1, 0.15) is 46.0 Å². The molecule has 0 amide bonds. The van der Waals surface area contributed by atoms with Crippen LogP contribution in [0.25, 0.3) is 0 Å². The number of nitrogens with zero attached hydrogens (tertiary/aromatic N) is 1. The van der Waals surface area contributed by atoms with E-state index in [1.165, 1.54) is 6.42 Å². The second-order valence-corrected chi connectivity index (χ2v) is 7.01. The van der Waals surface area contributed by atoms with Crippen LogP contribution in [0.4, 0.5) is 0 Å². The Kier molecular flexibility index (Phi) is 3.54. The minimum atomic E-state index is -0.655. The van der Waals surface area contributed by atoms with Gasteiger partial charge in [0.25, 0.3) is 5.09 Å². The topological polar surface area (TPSA) is 78.4 Å². The third kappa shape index (κ3) is 2.76. The fourth-order valence-electron chi connectivity index (χ4n) is 4.66. The van der Waals surface area contributed by atoms with Crippen LogP contribution in [0, 0.1) is 32.8 Å². The van der Waals surface area contributed by atoms with Crippen molar-refractivity contribution in [3.8, 4) is 0 Å². The third-order valence-corrected chi connectivity index (χ3v) is 4.79. The molecule has 0 aromatic heterocycles. The lowest BCUT2D eigenvalue weighted by atomic mass is 9.52. The minimum Gasteiger partial charge on any atom is -0.330 e. The summed E-state index contributed by atoms with van der Waals surface area (Å²) < 4.78 is 0. The molecule has 0 aliphatic heterocycles. The summed E-state index contributed by atoms with van der Waals surface area (Å²) in [5.74, 6) is 1.30. The summed E-state index contributed by atoms with van der Waals surface area (Å²) in [5.41, 5.74) is 6.02. The first kappa shape index (κ1) is 13.6. The van der Waals surface area contributed by atoms with Crippen LogP contribution in [0.3, 0.4) is 0 Å². The van der Waals surface area contributed by atoms with E-state index in [0.717, 1.165) is 25.7 Å². The highest BCUT2D eigenvalue weighted by Gasteiger charge is 2.49. The van der Waals surface area contributed by atoms with Crippen molar-refractivity contribution in [1.29, 1.82) is 0 Å². The maximum absolute atomic E-state index is 10.5. The van der Waals surface area contributed by atoms with Crippen molar-refractivity contribution in [3.63, 3.8) is 0 Å². The maximum atomic E-state index is 10.5. The summed E-state index contributed by atoms with van der Waals surface area (Å²) in [7, 11) is 0. The van der Waals surface area contributed by atoms with Gasteiger partial charge < -0.3 is 10.6 Å². The summed E-state index contributed by atoms with van der Waals surface area (Å²) in [6.45, 7) is 5.38. The molecule has 0 saturated heterocycles. The molecule has 2 saturated carbocycles. The molecule has 2 fully saturated rings. The van der Waals surface area contributed by atoms with Crippen molar-refractivity contribution in [3.05, 3.63) is 10.1 Å². The zero-order valence-electron chi connectivity index (χ0n) is 11.4. The summed E-state index contributed by atoms with van der Waals surface area (Å²) in [6.07, 6.45) is 5.46. The fraction of sp³-hybridized carbons (Fsp3) is 1.00. The lowest BCUT2D eigenvalue weighted by molar-refractivity contribution is -0.761. The van der Waals surface area contributed by atoms with Gasteiger partial charge in [0.15, 0.2) is 0 Å². The summed E-state index contributed by atoms with van der Waals surface area (Å²) in [6, 6.07) is 0. The normalized spacial score (nSPS) is 43.5. The molecule has 0 aromatic rings. The smallest absolute Gasteiger partial charge is 0.294 e. The molecule has 2 aliphatic rings. The van der Waals surface area contributed by atoms with Crippen LogP contribution < -0.4 is 5.73 Å². The zero-order valence-corrected chi connectivity index (χ0v) is 11.4. The fourth-order valence-corrected chi connectivity index (χ4v) is 4.66. The van der Waals surface area contributed by atoms with E-state index in [9.17, 15) is 10.1 Å². The summed E-state index contributed by atoms with van der Waals surface area (Å²) >= 11 is 0. The Morgan fingerprint density at radius 3 is 2.78 bits per heavy atom. The van der Waals surface area contributed by atoms with Crippen molar-refractivity contribution in [2.45, 2.75) is 46.0 Å². The van der Waals surface area contributed by atoms with Gasteiger partial charge in [-0.05, 0) is 61.3 Å². The molecule has 4 atom stereocenters. The predicted molar refractivity (Wildman–Crippen MR) is 68.3 cm³/mol. The largest absolute Gasteiger partial charge is 0.330 e. The highest BCUT2D eigenvalue weighted by molar-refractivity contribution is 5.00. The van der Waals surface area contributed by atoms with Crippen LogP contribution in [-0.2, 0) is 4.84 Å². The van der Waals surface area contributed by atoms with Crippen LogP contribution in [-0.4, -0.2) is 18.2 Å². The maximum Gasteiger partial charge on any atom is 0.294 e. The minimum absolute atomic E-state index is 0.0260. The van der Waals surface area contributed by atoms with Crippen LogP contribution >= 0.6 is 0 Å². The molecule has 2 aliphatic carbocycles. The molecule has 18 heavy (non-hydrogen) atoms. The van der Waals surface area contributed by atoms with Gasteiger partial charge >= 0.3 is 0 Å². The van der Waals surface area contributed by atoms with Gasteiger partial charge in [-0.15, -0.1) is 10.1 Å². The van der Waals surface area contributed by atoms with Gasteiger partial charge in [0.2, 0.25) is 0 Å². The quantitative estimate of drug-likeness (QED) is 0.618. The van der Waals surface area contributed by atoms with E-state index in [0.29, 0.717) is 18.4 Å². The van der Waals surface area contributed by atoms with Crippen molar-refractivity contribution in [2.75, 3.05) is 13.2 Å². The van der Waals surface area contributed by atoms with Gasteiger partial charge in [-0.1, -0.05) is 13.8 Å². The van der Waals surface area contributed by atoms with E-state index in [-0.39, 0.29) is 17.4 Å². The number of fused-ring (bicyclic) bond motifs is 2. The van der Waals surface area contributed by atoms with Gasteiger partial charge in [0.1, 0.15) is 6.61 Å². The molecule has 0 radical (unpaired) electrons. The van der Waals surface area contributed by atoms with E-state index < -0.39 is 5.09 Å². The molecule has 2 rings (SSSR count). The van der Waals surface area contributed by atoms with Crippen LogP contribution in [0.15, 0.2) is 0 Å². The van der Waals surface area contributed by atoms with Gasteiger partial charge in [0, 0.05) is 0 Å². The molecule has 2 N–H and O–H groups in total. The Morgan fingerprint density at radius 2 is 2.17 bits per heavy atom. The molecule has 2 bridgehead atoms. The average Bonchev–Trinajstić information content (AvgIpc) is 2.24. The molecule has 5 nitrogen and oxygen atoms in total. The standard InChI is InChI=1S/C13H24N2O3/c1-10-3-11-5-12(2,8-14)7-13(4-10,6-11)9-18-15(16)17/h10-11H,3-9,14H2,1-2H3. The molecule has 4 unspecified atom stereocenters. The predicted octanol–water partition coefficient (Wildman–Crippen LogP) is 2.38. The SMILES string of the molecule is CC1CC2CC(C)(CN)CC(CO[N+](=O)[O-])(C1)C2.